The van der Waals surface area contributed by atoms with Crippen LogP contribution in [0.1, 0.15) is 19.8 Å². The van der Waals surface area contributed by atoms with E-state index in [1.807, 2.05) is 0 Å². The van der Waals surface area contributed by atoms with Gasteiger partial charge in [0.2, 0.25) is 0 Å². The minimum absolute atomic E-state index is 0.0968. The van der Waals surface area contributed by atoms with Gasteiger partial charge in [0.05, 0.1) is 10.7 Å². The molecule has 1 aromatic rings. The minimum Gasteiger partial charge on any atom is -0.481 e. The lowest BCUT2D eigenvalue weighted by Crippen LogP contribution is -2.37. The lowest BCUT2D eigenvalue weighted by atomic mass is 10.3. The Balaban J connectivity index is 1.94. The highest BCUT2D eigenvalue weighted by Gasteiger charge is 2.26. The molecule has 0 aromatic heterocycles. The van der Waals surface area contributed by atoms with Gasteiger partial charge in [0.15, 0.2) is 6.10 Å². The SMILES string of the molecule is CC(Oc1ccc(N)c(Cl)c1)C(=O)NC1CC1. The smallest absolute Gasteiger partial charge is 0.260 e. The number of halogens is 1. The first-order valence-electron chi connectivity index (χ1n) is 5.58. The number of carbonyl (C=O) groups excluding carboxylic acids is 1. The average Bonchev–Trinajstić information content (AvgIpc) is 3.07. The molecule has 0 bridgehead atoms. The van der Waals surface area contributed by atoms with Crippen LogP contribution in [-0.4, -0.2) is 18.1 Å². The normalized spacial score (nSPS) is 16.4. The molecular formula is C12H15ClN2O2. The second-order valence-electron chi connectivity index (χ2n) is 4.23. The van der Waals surface area contributed by atoms with E-state index in [0.29, 0.717) is 22.5 Å². The van der Waals surface area contributed by atoms with Crippen molar-refractivity contribution in [3.63, 3.8) is 0 Å². The Labute approximate surface area is 105 Å². The summed E-state index contributed by atoms with van der Waals surface area (Å²) in [5.41, 5.74) is 6.08. The first-order valence-corrected chi connectivity index (χ1v) is 5.96. The van der Waals surface area contributed by atoms with Crippen molar-refractivity contribution in [2.75, 3.05) is 5.73 Å². The topological polar surface area (TPSA) is 64.3 Å². The highest BCUT2D eigenvalue weighted by atomic mass is 35.5. The molecule has 0 saturated heterocycles. The Morgan fingerprint density at radius 3 is 2.88 bits per heavy atom. The van der Waals surface area contributed by atoms with Crippen LogP contribution in [0.15, 0.2) is 18.2 Å². The minimum atomic E-state index is -0.532. The van der Waals surface area contributed by atoms with Crippen LogP contribution in [-0.2, 0) is 4.79 Å². The Bertz CT molecular complexity index is 433. The molecule has 92 valence electrons. The van der Waals surface area contributed by atoms with E-state index >= 15 is 0 Å². The molecule has 1 unspecified atom stereocenters. The zero-order valence-corrected chi connectivity index (χ0v) is 10.3. The number of benzene rings is 1. The van der Waals surface area contributed by atoms with Crippen LogP contribution in [0.25, 0.3) is 0 Å². The van der Waals surface area contributed by atoms with Gasteiger partial charge in [0.25, 0.3) is 5.91 Å². The summed E-state index contributed by atoms with van der Waals surface area (Å²) in [6, 6.07) is 5.30. The summed E-state index contributed by atoms with van der Waals surface area (Å²) < 4.78 is 5.49. The van der Waals surface area contributed by atoms with Crippen molar-refractivity contribution in [2.45, 2.75) is 31.9 Å². The molecule has 1 aromatic carbocycles. The van der Waals surface area contributed by atoms with Crippen molar-refractivity contribution in [1.29, 1.82) is 0 Å². The molecule has 3 N–H and O–H groups in total. The molecule has 2 rings (SSSR count). The Morgan fingerprint density at radius 1 is 1.59 bits per heavy atom. The van der Waals surface area contributed by atoms with Gasteiger partial charge in [0.1, 0.15) is 5.75 Å². The van der Waals surface area contributed by atoms with Crippen LogP contribution in [0.2, 0.25) is 5.02 Å². The van der Waals surface area contributed by atoms with E-state index in [0.717, 1.165) is 12.8 Å². The maximum absolute atomic E-state index is 11.7. The summed E-state index contributed by atoms with van der Waals surface area (Å²) in [6.07, 6.45) is 1.59. The highest BCUT2D eigenvalue weighted by Crippen LogP contribution is 2.25. The van der Waals surface area contributed by atoms with Crippen LogP contribution in [0, 0.1) is 0 Å². The monoisotopic (exact) mass is 254 g/mol. The van der Waals surface area contributed by atoms with Crippen molar-refractivity contribution in [3.05, 3.63) is 23.2 Å². The molecule has 0 aliphatic heterocycles. The summed E-state index contributed by atoms with van der Waals surface area (Å²) in [5.74, 6) is 0.447. The van der Waals surface area contributed by atoms with Gasteiger partial charge >= 0.3 is 0 Å². The molecule has 1 atom stereocenters. The maximum Gasteiger partial charge on any atom is 0.260 e. The summed E-state index contributed by atoms with van der Waals surface area (Å²) in [7, 11) is 0. The fourth-order valence-electron chi connectivity index (χ4n) is 1.39. The summed E-state index contributed by atoms with van der Waals surface area (Å²) >= 11 is 5.87. The van der Waals surface area contributed by atoms with Gasteiger partial charge in [0, 0.05) is 12.1 Å². The second-order valence-corrected chi connectivity index (χ2v) is 4.63. The summed E-state index contributed by atoms with van der Waals surface area (Å²) in [5, 5.41) is 3.31. The molecule has 4 nitrogen and oxygen atoms in total. The van der Waals surface area contributed by atoms with Crippen LogP contribution in [0.5, 0.6) is 5.75 Å². The molecule has 0 radical (unpaired) electrons. The van der Waals surface area contributed by atoms with E-state index < -0.39 is 6.10 Å². The van der Waals surface area contributed by atoms with E-state index in [4.69, 9.17) is 22.1 Å². The number of rotatable bonds is 4. The molecule has 1 aliphatic carbocycles. The van der Waals surface area contributed by atoms with Gasteiger partial charge < -0.3 is 15.8 Å². The first kappa shape index (κ1) is 12.0. The van der Waals surface area contributed by atoms with Crippen LogP contribution in [0.3, 0.4) is 0 Å². The fourth-order valence-corrected chi connectivity index (χ4v) is 1.56. The zero-order chi connectivity index (χ0) is 12.4. The molecule has 17 heavy (non-hydrogen) atoms. The van der Waals surface area contributed by atoms with E-state index in [1.165, 1.54) is 0 Å². The largest absolute Gasteiger partial charge is 0.481 e. The molecule has 1 fully saturated rings. The van der Waals surface area contributed by atoms with Crippen molar-refractivity contribution in [1.82, 2.24) is 5.32 Å². The predicted octanol–water partition coefficient (Wildman–Crippen LogP) is 1.97. The third-order valence-electron chi connectivity index (χ3n) is 2.58. The average molecular weight is 255 g/mol. The summed E-state index contributed by atoms with van der Waals surface area (Å²) in [4.78, 5) is 11.7. The number of hydrogen-bond donors (Lipinski definition) is 2. The number of nitrogen functional groups attached to an aromatic ring is 1. The van der Waals surface area contributed by atoms with Crippen molar-refractivity contribution >= 4 is 23.2 Å². The quantitative estimate of drug-likeness (QED) is 0.808. The number of carbonyl (C=O) groups is 1. The number of nitrogens with two attached hydrogens (primary N) is 1. The van der Waals surface area contributed by atoms with E-state index in [2.05, 4.69) is 5.32 Å². The standard InChI is InChI=1S/C12H15ClN2O2/c1-7(12(16)15-8-2-3-8)17-9-4-5-11(14)10(13)6-9/h4-8H,2-3,14H2,1H3,(H,15,16). The number of ether oxygens (including phenoxy) is 1. The van der Waals surface area contributed by atoms with Gasteiger partial charge in [-0.05, 0) is 31.9 Å². The fraction of sp³-hybridized carbons (Fsp3) is 0.417. The van der Waals surface area contributed by atoms with Gasteiger partial charge in [-0.15, -0.1) is 0 Å². The van der Waals surface area contributed by atoms with Gasteiger partial charge in [-0.3, -0.25) is 4.79 Å². The molecular weight excluding hydrogens is 240 g/mol. The molecule has 5 heteroatoms. The van der Waals surface area contributed by atoms with Crippen LogP contribution < -0.4 is 15.8 Å². The van der Waals surface area contributed by atoms with Crippen LogP contribution in [0.4, 0.5) is 5.69 Å². The Hall–Kier alpha value is -1.42. The Morgan fingerprint density at radius 2 is 2.29 bits per heavy atom. The van der Waals surface area contributed by atoms with E-state index in [9.17, 15) is 4.79 Å². The molecule has 1 amide bonds. The van der Waals surface area contributed by atoms with Gasteiger partial charge in [-0.1, -0.05) is 11.6 Å². The predicted molar refractivity (Wildman–Crippen MR) is 67.1 cm³/mol. The lowest BCUT2D eigenvalue weighted by molar-refractivity contribution is -0.127. The van der Waals surface area contributed by atoms with Crippen molar-refractivity contribution in [2.24, 2.45) is 0 Å². The zero-order valence-electron chi connectivity index (χ0n) is 9.57. The number of nitrogens with one attached hydrogen (secondary N) is 1. The van der Waals surface area contributed by atoms with Gasteiger partial charge in [-0.2, -0.15) is 0 Å². The van der Waals surface area contributed by atoms with Crippen molar-refractivity contribution in [3.8, 4) is 5.75 Å². The maximum atomic E-state index is 11.7. The molecule has 1 saturated carbocycles. The number of hydrogen-bond acceptors (Lipinski definition) is 3. The number of anilines is 1. The lowest BCUT2D eigenvalue weighted by Gasteiger charge is -2.14. The highest BCUT2D eigenvalue weighted by molar-refractivity contribution is 6.33. The third-order valence-corrected chi connectivity index (χ3v) is 2.91. The van der Waals surface area contributed by atoms with Gasteiger partial charge in [-0.25, -0.2) is 0 Å². The van der Waals surface area contributed by atoms with E-state index in [1.54, 1.807) is 25.1 Å². The Kier molecular flexibility index (Phi) is 3.43. The molecule has 0 spiro atoms. The second kappa shape index (κ2) is 4.84. The third kappa shape index (κ3) is 3.27. The first-order chi connectivity index (χ1) is 8.06. The molecule has 1 aliphatic rings. The van der Waals surface area contributed by atoms with Crippen LogP contribution >= 0.6 is 11.6 Å². The summed E-state index contributed by atoms with van der Waals surface area (Å²) in [6.45, 7) is 1.71. The van der Waals surface area contributed by atoms with Crippen molar-refractivity contribution < 1.29 is 9.53 Å². The molecule has 0 heterocycles. The van der Waals surface area contributed by atoms with E-state index in [-0.39, 0.29) is 5.91 Å². The number of amides is 1.